The minimum atomic E-state index is -0.271. The lowest BCUT2D eigenvalue weighted by Crippen LogP contribution is -2.17. The molecule has 2 N–H and O–H groups in total. The molecular weight excluding hydrogens is 398 g/mol. The van der Waals surface area contributed by atoms with Crippen molar-refractivity contribution in [3.63, 3.8) is 0 Å². The first kappa shape index (κ1) is 19.7. The molecule has 30 heavy (non-hydrogen) atoms. The Kier molecular flexibility index (Phi) is 5.82. The lowest BCUT2D eigenvalue weighted by molar-refractivity contribution is 0.0955. The molecule has 4 aromatic rings. The highest BCUT2D eigenvalue weighted by molar-refractivity contribution is 6.31. The summed E-state index contributed by atoms with van der Waals surface area (Å²) < 4.78 is 5.78. The Balaban J connectivity index is 1.34. The molecule has 5 nitrogen and oxygen atoms in total. The van der Waals surface area contributed by atoms with E-state index in [0.29, 0.717) is 17.2 Å². The summed E-state index contributed by atoms with van der Waals surface area (Å²) in [7, 11) is 0. The van der Waals surface area contributed by atoms with Crippen LogP contribution in [0.15, 0.2) is 78.0 Å². The molecule has 0 aliphatic carbocycles. The Morgan fingerprint density at radius 3 is 2.73 bits per heavy atom. The standard InChI is InChI=1S/C24H20ClN3O2/c1-16-12-20(10-11-22(16)25)30-15-17-6-8-18(9-7-17)24(29)28-27-14-19-13-26-23-5-3-2-4-21(19)23/h2-14,26H,15H2,1H3,(H,28,29)/b27-14+. The minimum Gasteiger partial charge on any atom is -0.489 e. The molecule has 0 radical (unpaired) electrons. The van der Waals surface area contributed by atoms with Crippen molar-refractivity contribution in [1.82, 2.24) is 10.4 Å². The first-order valence-electron chi connectivity index (χ1n) is 9.47. The highest BCUT2D eigenvalue weighted by Crippen LogP contribution is 2.22. The number of carbonyl (C=O) groups is 1. The highest BCUT2D eigenvalue weighted by Gasteiger charge is 2.06. The van der Waals surface area contributed by atoms with Crippen molar-refractivity contribution in [3.05, 3.63) is 100 Å². The number of hydrazone groups is 1. The van der Waals surface area contributed by atoms with Crippen LogP contribution in [0.4, 0.5) is 0 Å². The zero-order chi connectivity index (χ0) is 20.9. The molecule has 0 aliphatic heterocycles. The fraction of sp³-hybridized carbons (Fsp3) is 0.0833. The van der Waals surface area contributed by atoms with Crippen LogP contribution in [0, 0.1) is 6.92 Å². The number of carbonyl (C=O) groups excluding carboxylic acids is 1. The van der Waals surface area contributed by atoms with E-state index in [0.717, 1.165) is 33.3 Å². The second-order valence-corrected chi connectivity index (χ2v) is 7.29. The lowest BCUT2D eigenvalue weighted by atomic mass is 10.1. The van der Waals surface area contributed by atoms with E-state index in [4.69, 9.17) is 16.3 Å². The number of rotatable bonds is 6. The predicted molar refractivity (Wildman–Crippen MR) is 120 cm³/mol. The summed E-state index contributed by atoms with van der Waals surface area (Å²) in [6.07, 6.45) is 3.49. The average molecular weight is 418 g/mol. The van der Waals surface area contributed by atoms with Gasteiger partial charge in [0.2, 0.25) is 0 Å². The number of ether oxygens (including phenoxy) is 1. The molecule has 4 rings (SSSR count). The van der Waals surface area contributed by atoms with Crippen molar-refractivity contribution in [2.24, 2.45) is 5.10 Å². The van der Waals surface area contributed by atoms with Crippen molar-refractivity contribution in [2.45, 2.75) is 13.5 Å². The molecule has 6 heteroatoms. The summed E-state index contributed by atoms with van der Waals surface area (Å²) in [4.78, 5) is 15.5. The first-order chi connectivity index (χ1) is 14.6. The Morgan fingerprint density at radius 1 is 1.13 bits per heavy atom. The van der Waals surface area contributed by atoms with Gasteiger partial charge in [0.25, 0.3) is 5.91 Å². The number of amides is 1. The van der Waals surface area contributed by atoms with Crippen molar-refractivity contribution in [1.29, 1.82) is 0 Å². The molecule has 1 amide bonds. The molecule has 0 bridgehead atoms. The summed E-state index contributed by atoms with van der Waals surface area (Å²) in [5.74, 6) is 0.484. The van der Waals surface area contributed by atoms with E-state index in [9.17, 15) is 4.79 Å². The van der Waals surface area contributed by atoms with Crippen LogP contribution in [0.5, 0.6) is 5.75 Å². The molecule has 0 saturated carbocycles. The number of nitrogens with zero attached hydrogens (tertiary/aromatic N) is 1. The molecule has 0 aliphatic rings. The second-order valence-electron chi connectivity index (χ2n) is 6.89. The van der Waals surface area contributed by atoms with Gasteiger partial charge in [-0.2, -0.15) is 5.10 Å². The van der Waals surface area contributed by atoms with Gasteiger partial charge in [0.05, 0.1) is 6.21 Å². The molecule has 0 unspecified atom stereocenters. The van der Waals surface area contributed by atoms with Gasteiger partial charge in [0, 0.05) is 33.2 Å². The molecule has 0 spiro atoms. The molecular formula is C24H20ClN3O2. The van der Waals surface area contributed by atoms with Gasteiger partial charge in [-0.1, -0.05) is 41.9 Å². The number of nitrogens with one attached hydrogen (secondary N) is 2. The molecule has 3 aromatic carbocycles. The third-order valence-electron chi connectivity index (χ3n) is 4.74. The average Bonchev–Trinajstić information content (AvgIpc) is 3.18. The maximum absolute atomic E-state index is 12.3. The van der Waals surface area contributed by atoms with Crippen LogP contribution in [-0.2, 0) is 6.61 Å². The van der Waals surface area contributed by atoms with E-state index in [-0.39, 0.29) is 5.91 Å². The fourth-order valence-corrected chi connectivity index (χ4v) is 3.17. The number of aryl methyl sites for hydroxylation is 1. The number of fused-ring (bicyclic) bond motifs is 1. The highest BCUT2D eigenvalue weighted by atomic mass is 35.5. The normalized spacial score (nSPS) is 11.1. The van der Waals surface area contributed by atoms with Crippen molar-refractivity contribution in [3.8, 4) is 5.75 Å². The lowest BCUT2D eigenvalue weighted by Gasteiger charge is -2.08. The number of H-pyrrole nitrogens is 1. The molecule has 0 fully saturated rings. The number of benzene rings is 3. The van der Waals surface area contributed by atoms with E-state index in [1.54, 1.807) is 18.3 Å². The number of aromatic nitrogens is 1. The van der Waals surface area contributed by atoms with Gasteiger partial charge in [0.1, 0.15) is 12.4 Å². The molecule has 0 saturated heterocycles. The number of hydrogen-bond donors (Lipinski definition) is 2. The topological polar surface area (TPSA) is 66.5 Å². The zero-order valence-corrected chi connectivity index (χ0v) is 17.1. The number of hydrogen-bond acceptors (Lipinski definition) is 3. The van der Waals surface area contributed by atoms with Gasteiger partial charge in [-0.05, 0) is 54.4 Å². The largest absolute Gasteiger partial charge is 0.489 e. The Hall–Kier alpha value is -3.57. The third kappa shape index (κ3) is 4.53. The molecule has 150 valence electrons. The second kappa shape index (κ2) is 8.84. The van der Waals surface area contributed by atoms with Crippen LogP contribution < -0.4 is 10.2 Å². The predicted octanol–water partition coefficient (Wildman–Crippen LogP) is 5.47. The molecule has 1 aromatic heterocycles. The summed E-state index contributed by atoms with van der Waals surface area (Å²) in [5.41, 5.74) is 6.95. The van der Waals surface area contributed by atoms with Crippen LogP contribution >= 0.6 is 11.6 Å². The van der Waals surface area contributed by atoms with Crippen molar-refractivity contribution < 1.29 is 9.53 Å². The summed E-state index contributed by atoms with van der Waals surface area (Å²) >= 11 is 6.03. The Labute approximate surface area is 179 Å². The summed E-state index contributed by atoms with van der Waals surface area (Å²) in [6, 6.07) is 20.7. The van der Waals surface area contributed by atoms with Gasteiger partial charge in [0.15, 0.2) is 0 Å². The van der Waals surface area contributed by atoms with E-state index >= 15 is 0 Å². The minimum absolute atomic E-state index is 0.271. The van der Waals surface area contributed by atoms with E-state index in [2.05, 4.69) is 15.5 Å². The van der Waals surface area contributed by atoms with E-state index < -0.39 is 0 Å². The number of halogens is 1. The van der Waals surface area contributed by atoms with Crippen LogP contribution in [0.3, 0.4) is 0 Å². The van der Waals surface area contributed by atoms with Crippen molar-refractivity contribution in [2.75, 3.05) is 0 Å². The van der Waals surface area contributed by atoms with Crippen LogP contribution in [0.1, 0.15) is 27.0 Å². The van der Waals surface area contributed by atoms with Gasteiger partial charge < -0.3 is 9.72 Å². The van der Waals surface area contributed by atoms with Gasteiger partial charge in [-0.15, -0.1) is 0 Å². The maximum Gasteiger partial charge on any atom is 0.271 e. The SMILES string of the molecule is Cc1cc(OCc2ccc(C(=O)N/N=C/c3c[nH]c4ccccc34)cc2)ccc1Cl. The summed E-state index contributed by atoms with van der Waals surface area (Å²) in [6.45, 7) is 2.34. The van der Waals surface area contributed by atoms with Gasteiger partial charge >= 0.3 is 0 Å². The first-order valence-corrected chi connectivity index (χ1v) is 9.85. The number of aromatic amines is 1. The van der Waals surface area contributed by atoms with Crippen LogP contribution in [-0.4, -0.2) is 17.1 Å². The quantitative estimate of drug-likeness (QED) is 0.322. The molecule has 0 atom stereocenters. The van der Waals surface area contributed by atoms with Crippen molar-refractivity contribution >= 4 is 34.6 Å². The number of para-hydroxylation sites is 1. The Morgan fingerprint density at radius 2 is 1.93 bits per heavy atom. The van der Waals surface area contributed by atoms with Gasteiger partial charge in [-0.3, -0.25) is 4.79 Å². The smallest absolute Gasteiger partial charge is 0.271 e. The van der Waals surface area contributed by atoms with Crippen LogP contribution in [0.25, 0.3) is 10.9 Å². The van der Waals surface area contributed by atoms with Crippen LogP contribution in [0.2, 0.25) is 5.02 Å². The van der Waals surface area contributed by atoms with Gasteiger partial charge in [-0.25, -0.2) is 5.43 Å². The Bertz CT molecular complexity index is 1210. The fourth-order valence-electron chi connectivity index (χ4n) is 3.05. The monoisotopic (exact) mass is 417 g/mol. The third-order valence-corrected chi connectivity index (χ3v) is 5.17. The van der Waals surface area contributed by atoms with E-state index in [1.807, 2.05) is 67.7 Å². The zero-order valence-electron chi connectivity index (χ0n) is 16.4. The maximum atomic E-state index is 12.3. The molecule has 1 heterocycles. The summed E-state index contributed by atoms with van der Waals surface area (Å²) in [5, 5.41) is 5.84. The van der Waals surface area contributed by atoms with E-state index in [1.165, 1.54) is 0 Å².